The first-order valence-corrected chi connectivity index (χ1v) is 15.9. The molecule has 4 aliphatic rings. The predicted molar refractivity (Wildman–Crippen MR) is 173 cm³/mol. The van der Waals surface area contributed by atoms with Crippen LogP contribution in [0.25, 0.3) is 22.3 Å². The highest BCUT2D eigenvalue weighted by atomic mass is 16.5. The number of nitrogens with zero attached hydrogens (tertiary/aromatic N) is 2. The Morgan fingerprint density at radius 2 is 1.09 bits per heavy atom. The SMILES string of the molecule is CCCC12CC3(C)CC(c4ccc(OC#N)c(-c5ccccc5)c4)(C1)CC(c1ccc(OC#N)c(-c4ccccc4)c1)(C3)C2. The van der Waals surface area contributed by atoms with Crippen molar-refractivity contribution >= 4 is 0 Å². The van der Waals surface area contributed by atoms with E-state index in [0.717, 1.165) is 28.7 Å². The molecule has 4 aliphatic carbocycles. The molecule has 2 atom stereocenters. The number of ether oxygens (including phenoxy) is 2. The Bertz CT molecular complexity index is 1660. The van der Waals surface area contributed by atoms with Crippen LogP contribution in [0.4, 0.5) is 0 Å². The van der Waals surface area contributed by atoms with Gasteiger partial charge >= 0.3 is 0 Å². The van der Waals surface area contributed by atoms with Crippen LogP contribution in [-0.2, 0) is 10.8 Å². The normalized spacial score (nSPS) is 28.2. The van der Waals surface area contributed by atoms with Crippen molar-refractivity contribution in [2.24, 2.45) is 10.8 Å². The summed E-state index contributed by atoms with van der Waals surface area (Å²) < 4.78 is 11.0. The monoisotopic (exact) mass is 578 g/mol. The highest BCUT2D eigenvalue weighted by molar-refractivity contribution is 5.73. The molecule has 0 aliphatic heterocycles. The van der Waals surface area contributed by atoms with Gasteiger partial charge in [0.2, 0.25) is 0 Å². The van der Waals surface area contributed by atoms with E-state index in [1.165, 1.54) is 56.1 Å². The van der Waals surface area contributed by atoms with Crippen molar-refractivity contribution in [1.82, 2.24) is 0 Å². The lowest BCUT2D eigenvalue weighted by Crippen LogP contribution is -2.63. The predicted octanol–water partition coefficient (Wildman–Crippen LogP) is 10.1. The van der Waals surface area contributed by atoms with Crippen molar-refractivity contribution < 1.29 is 9.47 Å². The van der Waals surface area contributed by atoms with Crippen LogP contribution in [0.3, 0.4) is 0 Å². The van der Waals surface area contributed by atoms with Gasteiger partial charge in [0, 0.05) is 11.1 Å². The fourth-order valence-electron chi connectivity index (χ4n) is 10.5. The van der Waals surface area contributed by atoms with E-state index in [9.17, 15) is 10.5 Å². The fraction of sp³-hybridized carbons (Fsp3) is 0.350. The zero-order valence-corrected chi connectivity index (χ0v) is 25.6. The molecule has 0 amide bonds. The largest absolute Gasteiger partial charge is 0.387 e. The topological polar surface area (TPSA) is 66.0 Å². The van der Waals surface area contributed by atoms with E-state index >= 15 is 0 Å². The molecule has 4 aromatic carbocycles. The number of hydrogen-bond acceptors (Lipinski definition) is 4. The average Bonchev–Trinajstić information content (AvgIpc) is 3.01. The number of rotatable bonds is 8. The van der Waals surface area contributed by atoms with Crippen LogP contribution in [0, 0.1) is 33.9 Å². The molecule has 4 saturated carbocycles. The van der Waals surface area contributed by atoms with E-state index in [-0.39, 0.29) is 21.7 Å². The molecule has 220 valence electrons. The lowest BCUT2D eigenvalue weighted by Gasteiger charge is -2.71. The van der Waals surface area contributed by atoms with Gasteiger partial charge in [0.05, 0.1) is 0 Å². The molecule has 4 fully saturated rings. The molecule has 4 aromatic rings. The zero-order chi connectivity index (χ0) is 30.4. The van der Waals surface area contributed by atoms with Gasteiger partial charge in [0.25, 0.3) is 12.5 Å². The summed E-state index contributed by atoms with van der Waals surface area (Å²) in [7, 11) is 0. The number of hydrogen-bond donors (Lipinski definition) is 0. The second kappa shape index (κ2) is 10.6. The molecule has 4 bridgehead atoms. The van der Waals surface area contributed by atoms with Crippen LogP contribution in [0.15, 0.2) is 97.1 Å². The summed E-state index contributed by atoms with van der Waals surface area (Å²) in [5, 5.41) is 18.9. The third-order valence-electron chi connectivity index (χ3n) is 10.9. The zero-order valence-electron chi connectivity index (χ0n) is 25.6. The lowest BCUT2D eigenvalue weighted by molar-refractivity contribution is -0.137. The molecule has 0 aromatic heterocycles. The minimum Gasteiger partial charge on any atom is -0.387 e. The Kier molecular flexibility index (Phi) is 6.78. The minimum absolute atomic E-state index is 0.0160. The summed E-state index contributed by atoms with van der Waals surface area (Å²) in [6.07, 6.45) is 13.3. The summed E-state index contributed by atoms with van der Waals surface area (Å²) in [5.41, 5.74) is 7.33. The maximum absolute atomic E-state index is 9.44. The lowest BCUT2D eigenvalue weighted by atomic mass is 9.33. The van der Waals surface area contributed by atoms with Crippen LogP contribution in [0.2, 0.25) is 0 Å². The van der Waals surface area contributed by atoms with Crippen molar-refractivity contribution in [3.05, 3.63) is 108 Å². The first-order chi connectivity index (χ1) is 21.3. The highest BCUT2D eigenvalue weighted by Gasteiger charge is 2.67. The minimum atomic E-state index is 0.0160. The second-order valence-corrected chi connectivity index (χ2v) is 14.2. The molecular formula is C40H38N2O2. The van der Waals surface area contributed by atoms with Crippen LogP contribution >= 0.6 is 0 Å². The maximum Gasteiger partial charge on any atom is 0.292 e. The van der Waals surface area contributed by atoms with Gasteiger partial charge in [-0.15, -0.1) is 10.5 Å². The Labute approximate surface area is 260 Å². The molecule has 0 saturated heterocycles. The van der Waals surface area contributed by atoms with E-state index in [1.54, 1.807) is 0 Å². The summed E-state index contributed by atoms with van der Waals surface area (Å²) in [6.45, 7) is 4.87. The van der Waals surface area contributed by atoms with Gasteiger partial charge in [0.1, 0.15) is 11.5 Å². The maximum atomic E-state index is 9.44. The number of benzene rings is 4. The van der Waals surface area contributed by atoms with E-state index in [1.807, 2.05) is 61.0 Å². The van der Waals surface area contributed by atoms with Gasteiger partial charge in [-0.1, -0.05) is 93.1 Å². The Hall–Kier alpha value is -4.54. The van der Waals surface area contributed by atoms with E-state index in [2.05, 4.69) is 62.4 Å². The van der Waals surface area contributed by atoms with Crippen molar-refractivity contribution in [2.45, 2.75) is 76.0 Å². The molecule has 0 heterocycles. The van der Waals surface area contributed by atoms with Gasteiger partial charge in [0.15, 0.2) is 0 Å². The van der Waals surface area contributed by atoms with E-state index < -0.39 is 0 Å². The van der Waals surface area contributed by atoms with Gasteiger partial charge in [-0.05, 0) is 113 Å². The second-order valence-electron chi connectivity index (χ2n) is 14.2. The van der Waals surface area contributed by atoms with Crippen molar-refractivity contribution in [2.75, 3.05) is 0 Å². The summed E-state index contributed by atoms with van der Waals surface area (Å²) in [6, 6.07) is 33.8. The standard InChI is InChI=1S/C40H38N2O2/c1-3-18-38-21-37(2)22-39(24-38,31-14-16-35(43-27-41)33(19-31)29-10-6-4-7-11-29)26-40(23-37,25-38)32-15-17-36(44-28-42)34(20-32)30-12-8-5-9-13-30/h4-17,19-20H,3,18,21-26H2,1-2H3. The van der Waals surface area contributed by atoms with Crippen LogP contribution in [0.5, 0.6) is 11.5 Å². The van der Waals surface area contributed by atoms with Crippen molar-refractivity contribution in [3.8, 4) is 46.3 Å². The molecule has 0 radical (unpaired) electrons. The summed E-state index contributed by atoms with van der Waals surface area (Å²) in [5.74, 6) is 1.22. The first-order valence-electron chi connectivity index (χ1n) is 15.9. The van der Waals surface area contributed by atoms with E-state index in [0.29, 0.717) is 11.5 Å². The Morgan fingerprint density at radius 1 is 0.614 bits per heavy atom. The Morgan fingerprint density at radius 3 is 1.52 bits per heavy atom. The molecule has 4 nitrogen and oxygen atoms in total. The molecule has 4 heteroatoms. The molecule has 2 unspecified atom stereocenters. The van der Waals surface area contributed by atoms with Crippen molar-refractivity contribution in [3.63, 3.8) is 0 Å². The van der Waals surface area contributed by atoms with Crippen LogP contribution in [-0.4, -0.2) is 0 Å². The molecule has 0 N–H and O–H groups in total. The molecule has 44 heavy (non-hydrogen) atoms. The van der Waals surface area contributed by atoms with E-state index in [4.69, 9.17) is 9.47 Å². The fourth-order valence-corrected chi connectivity index (χ4v) is 10.5. The average molecular weight is 579 g/mol. The number of nitriles is 2. The molecule has 0 spiro atoms. The summed E-state index contributed by atoms with van der Waals surface area (Å²) >= 11 is 0. The van der Waals surface area contributed by atoms with Gasteiger partial charge in [-0.2, -0.15) is 0 Å². The van der Waals surface area contributed by atoms with Crippen molar-refractivity contribution in [1.29, 1.82) is 10.5 Å². The van der Waals surface area contributed by atoms with Crippen LogP contribution in [0.1, 0.15) is 76.3 Å². The third-order valence-corrected chi connectivity index (χ3v) is 10.9. The third kappa shape index (κ3) is 4.65. The smallest absolute Gasteiger partial charge is 0.292 e. The van der Waals surface area contributed by atoms with Gasteiger partial charge in [-0.3, -0.25) is 0 Å². The van der Waals surface area contributed by atoms with Gasteiger partial charge < -0.3 is 9.47 Å². The highest BCUT2D eigenvalue weighted by Crippen LogP contribution is 2.75. The van der Waals surface area contributed by atoms with Gasteiger partial charge in [-0.25, -0.2) is 0 Å². The first kappa shape index (κ1) is 28.2. The quantitative estimate of drug-likeness (QED) is 0.195. The molecule has 8 rings (SSSR count). The Balaban J connectivity index is 1.40. The van der Waals surface area contributed by atoms with Crippen LogP contribution < -0.4 is 9.47 Å². The molecular weight excluding hydrogens is 540 g/mol. The summed E-state index contributed by atoms with van der Waals surface area (Å²) in [4.78, 5) is 0.